The second-order valence-electron chi connectivity index (χ2n) is 6.60. The molecule has 1 aromatic carbocycles. The Morgan fingerprint density at radius 1 is 1.17 bits per heavy atom. The number of piperidine rings is 1. The number of hydrogen-bond donors (Lipinski definition) is 0. The zero-order chi connectivity index (χ0) is 16.8. The molecule has 1 fully saturated rings. The van der Waals surface area contributed by atoms with Gasteiger partial charge in [-0.15, -0.1) is 0 Å². The van der Waals surface area contributed by atoms with Crippen molar-refractivity contribution in [2.45, 2.75) is 27.2 Å². The van der Waals surface area contributed by atoms with Crippen molar-refractivity contribution < 1.29 is 14.3 Å². The monoisotopic (exact) mass is 315 g/mol. The number of ether oxygens (including phenoxy) is 1. The molecule has 0 aromatic heterocycles. The van der Waals surface area contributed by atoms with E-state index in [4.69, 9.17) is 4.74 Å². The van der Waals surface area contributed by atoms with Crippen LogP contribution < -0.4 is 0 Å². The van der Waals surface area contributed by atoms with Crippen LogP contribution in [0.4, 0.5) is 0 Å². The van der Waals surface area contributed by atoms with Gasteiger partial charge in [-0.1, -0.05) is 43.7 Å². The van der Waals surface area contributed by atoms with Crippen molar-refractivity contribution in [2.75, 3.05) is 19.7 Å². The van der Waals surface area contributed by atoms with Gasteiger partial charge in [0.25, 0.3) is 5.91 Å². The maximum Gasteiger partial charge on any atom is 0.331 e. The molecule has 1 aromatic rings. The van der Waals surface area contributed by atoms with E-state index in [1.807, 2.05) is 31.2 Å². The van der Waals surface area contributed by atoms with Gasteiger partial charge < -0.3 is 9.64 Å². The van der Waals surface area contributed by atoms with Crippen LogP contribution in [0.3, 0.4) is 0 Å². The Morgan fingerprint density at radius 3 is 2.39 bits per heavy atom. The summed E-state index contributed by atoms with van der Waals surface area (Å²) in [4.78, 5) is 25.7. The van der Waals surface area contributed by atoms with Crippen LogP contribution in [-0.2, 0) is 14.3 Å². The van der Waals surface area contributed by atoms with Gasteiger partial charge in [0, 0.05) is 19.2 Å². The number of nitrogens with zero attached hydrogens (tertiary/aromatic N) is 1. The van der Waals surface area contributed by atoms with Crippen molar-refractivity contribution in [2.24, 2.45) is 11.8 Å². The fourth-order valence-corrected chi connectivity index (χ4v) is 2.98. The van der Waals surface area contributed by atoms with E-state index in [1.54, 1.807) is 11.0 Å². The Bertz CT molecular complexity index is 567. The van der Waals surface area contributed by atoms with E-state index < -0.39 is 5.97 Å². The molecule has 1 amide bonds. The summed E-state index contributed by atoms with van der Waals surface area (Å²) >= 11 is 0. The number of carbonyl (C=O) groups is 2. The molecule has 1 aliphatic rings. The minimum absolute atomic E-state index is 0.111. The van der Waals surface area contributed by atoms with Gasteiger partial charge >= 0.3 is 5.97 Å². The van der Waals surface area contributed by atoms with Crippen LogP contribution >= 0.6 is 0 Å². The van der Waals surface area contributed by atoms with Crippen molar-refractivity contribution in [3.8, 4) is 0 Å². The number of benzene rings is 1. The minimum Gasteiger partial charge on any atom is -0.452 e. The van der Waals surface area contributed by atoms with E-state index >= 15 is 0 Å². The third-order valence-electron chi connectivity index (χ3n) is 4.05. The number of esters is 1. The third-order valence-corrected chi connectivity index (χ3v) is 4.05. The average Bonchev–Trinajstić information content (AvgIpc) is 2.51. The first-order chi connectivity index (χ1) is 10.9. The summed E-state index contributed by atoms with van der Waals surface area (Å²) in [6.07, 6.45) is 4.19. The number of aryl methyl sites for hydroxylation is 1. The number of hydrogen-bond acceptors (Lipinski definition) is 3. The Morgan fingerprint density at radius 2 is 1.78 bits per heavy atom. The average molecular weight is 315 g/mol. The molecule has 2 rings (SSSR count). The lowest BCUT2D eigenvalue weighted by Crippen LogP contribution is -2.44. The van der Waals surface area contributed by atoms with Crippen LogP contribution in [0.2, 0.25) is 0 Å². The molecule has 0 saturated carbocycles. The maximum absolute atomic E-state index is 12.1. The standard InChI is InChI=1S/C19H25NO3/c1-14-4-6-17(7-5-14)8-9-19(22)23-13-18(21)20-11-15(2)10-16(3)12-20/h4-9,15-16H,10-13H2,1-3H3/b9-8+. The molecule has 2 unspecified atom stereocenters. The SMILES string of the molecule is Cc1ccc(/C=C/C(=O)OCC(=O)N2CC(C)CC(C)C2)cc1. The van der Waals surface area contributed by atoms with Crippen molar-refractivity contribution in [1.29, 1.82) is 0 Å². The predicted molar refractivity (Wildman–Crippen MR) is 90.7 cm³/mol. The quantitative estimate of drug-likeness (QED) is 0.634. The summed E-state index contributed by atoms with van der Waals surface area (Å²) in [7, 11) is 0. The summed E-state index contributed by atoms with van der Waals surface area (Å²) in [6.45, 7) is 7.62. The molecule has 23 heavy (non-hydrogen) atoms. The van der Waals surface area contributed by atoms with Gasteiger partial charge in [-0.3, -0.25) is 4.79 Å². The molecule has 1 heterocycles. The number of likely N-dealkylation sites (tertiary alicyclic amines) is 1. The summed E-state index contributed by atoms with van der Waals surface area (Å²) in [5.74, 6) is 0.400. The molecular weight excluding hydrogens is 290 g/mol. The highest BCUT2D eigenvalue weighted by Gasteiger charge is 2.25. The number of rotatable bonds is 4. The van der Waals surface area contributed by atoms with Gasteiger partial charge in [0.05, 0.1) is 0 Å². The minimum atomic E-state index is -0.489. The Balaban J connectivity index is 1.79. The smallest absolute Gasteiger partial charge is 0.331 e. The van der Waals surface area contributed by atoms with E-state index in [2.05, 4.69) is 13.8 Å². The molecule has 0 aliphatic carbocycles. The highest BCUT2D eigenvalue weighted by molar-refractivity contribution is 5.89. The summed E-state index contributed by atoms with van der Waals surface area (Å²) < 4.78 is 5.06. The second kappa shape index (κ2) is 7.95. The Labute approximate surface area is 138 Å². The van der Waals surface area contributed by atoms with Crippen molar-refractivity contribution >= 4 is 18.0 Å². The first-order valence-electron chi connectivity index (χ1n) is 8.13. The molecule has 2 atom stereocenters. The normalized spacial score (nSPS) is 21.4. The maximum atomic E-state index is 12.1. The van der Waals surface area contributed by atoms with E-state index in [1.165, 1.54) is 11.6 Å². The first kappa shape index (κ1) is 17.3. The zero-order valence-electron chi connectivity index (χ0n) is 14.1. The van der Waals surface area contributed by atoms with E-state index in [9.17, 15) is 9.59 Å². The fourth-order valence-electron chi connectivity index (χ4n) is 2.98. The third kappa shape index (κ3) is 5.55. The van der Waals surface area contributed by atoms with E-state index in [0.29, 0.717) is 11.8 Å². The number of amides is 1. The first-order valence-corrected chi connectivity index (χ1v) is 8.13. The molecule has 0 radical (unpaired) electrons. The lowest BCUT2D eigenvalue weighted by Gasteiger charge is -2.34. The molecule has 124 valence electrons. The van der Waals surface area contributed by atoms with Gasteiger partial charge in [-0.25, -0.2) is 4.79 Å². The van der Waals surface area contributed by atoms with Gasteiger partial charge in [0.15, 0.2) is 6.61 Å². The summed E-state index contributed by atoms with van der Waals surface area (Å²) in [5, 5.41) is 0. The zero-order valence-corrected chi connectivity index (χ0v) is 14.1. The van der Waals surface area contributed by atoms with E-state index in [-0.39, 0.29) is 12.5 Å². The Kier molecular flexibility index (Phi) is 5.97. The predicted octanol–water partition coefficient (Wildman–Crippen LogP) is 3.06. The topological polar surface area (TPSA) is 46.6 Å². The molecule has 1 saturated heterocycles. The van der Waals surface area contributed by atoms with E-state index in [0.717, 1.165) is 25.1 Å². The van der Waals surface area contributed by atoms with Crippen molar-refractivity contribution in [3.63, 3.8) is 0 Å². The van der Waals surface area contributed by atoms with Gasteiger partial charge in [0.1, 0.15) is 0 Å². The molecule has 0 spiro atoms. The summed E-state index contributed by atoms with van der Waals surface area (Å²) in [5.41, 5.74) is 2.10. The van der Waals surface area contributed by atoms with Crippen molar-refractivity contribution in [3.05, 3.63) is 41.5 Å². The Hall–Kier alpha value is -2.10. The molecule has 4 heteroatoms. The fraction of sp³-hybridized carbons (Fsp3) is 0.474. The largest absolute Gasteiger partial charge is 0.452 e. The van der Waals surface area contributed by atoms with Crippen LogP contribution in [0.25, 0.3) is 6.08 Å². The van der Waals surface area contributed by atoms with Crippen LogP contribution in [0, 0.1) is 18.8 Å². The molecular formula is C19H25NO3. The molecule has 4 nitrogen and oxygen atoms in total. The van der Waals surface area contributed by atoms with Crippen LogP contribution in [0.5, 0.6) is 0 Å². The summed E-state index contributed by atoms with van der Waals surface area (Å²) in [6, 6.07) is 7.82. The molecule has 0 N–H and O–H groups in total. The van der Waals surface area contributed by atoms with Gasteiger partial charge in [-0.2, -0.15) is 0 Å². The number of carbonyl (C=O) groups excluding carboxylic acids is 2. The van der Waals surface area contributed by atoms with Crippen LogP contribution in [-0.4, -0.2) is 36.5 Å². The lowest BCUT2D eigenvalue weighted by molar-refractivity contribution is -0.149. The van der Waals surface area contributed by atoms with Gasteiger partial charge in [0.2, 0.25) is 0 Å². The molecule has 0 bridgehead atoms. The van der Waals surface area contributed by atoms with Crippen molar-refractivity contribution in [1.82, 2.24) is 4.90 Å². The second-order valence-corrected chi connectivity index (χ2v) is 6.60. The highest BCUT2D eigenvalue weighted by atomic mass is 16.5. The van der Waals surface area contributed by atoms with Crippen LogP contribution in [0.1, 0.15) is 31.4 Å². The molecule has 1 aliphatic heterocycles. The highest BCUT2D eigenvalue weighted by Crippen LogP contribution is 2.20. The van der Waals surface area contributed by atoms with Crippen LogP contribution in [0.15, 0.2) is 30.3 Å². The lowest BCUT2D eigenvalue weighted by atomic mass is 9.92. The van der Waals surface area contributed by atoms with Gasteiger partial charge in [-0.05, 0) is 36.8 Å².